The van der Waals surface area contributed by atoms with E-state index in [1.807, 2.05) is 56.3 Å². The van der Waals surface area contributed by atoms with Gasteiger partial charge in [-0.05, 0) is 62.9 Å². The van der Waals surface area contributed by atoms with Crippen molar-refractivity contribution in [3.8, 4) is 0 Å². The van der Waals surface area contributed by atoms with E-state index in [0.717, 1.165) is 22.4 Å². The summed E-state index contributed by atoms with van der Waals surface area (Å²) in [5.74, 6) is -0.626. The van der Waals surface area contributed by atoms with Gasteiger partial charge in [0.15, 0.2) is 0 Å². The van der Waals surface area contributed by atoms with Crippen LogP contribution in [0.5, 0.6) is 0 Å². The van der Waals surface area contributed by atoms with E-state index in [-0.39, 0.29) is 11.8 Å². The minimum Gasteiger partial charge on any atom is -0.355 e. The minimum atomic E-state index is -1.18. The Balaban J connectivity index is 1.97. The van der Waals surface area contributed by atoms with Gasteiger partial charge in [-0.15, -0.1) is 0 Å². The Kier molecular flexibility index (Phi) is 6.43. The number of carbonyl (C=O) groups is 2. The van der Waals surface area contributed by atoms with Crippen LogP contribution in [0.15, 0.2) is 42.5 Å². The van der Waals surface area contributed by atoms with Gasteiger partial charge < -0.3 is 10.6 Å². The molecule has 4 nitrogen and oxygen atoms in total. The molecule has 0 aromatic heterocycles. The zero-order valence-corrected chi connectivity index (χ0v) is 16.4. The van der Waals surface area contributed by atoms with Gasteiger partial charge in [-0.25, -0.2) is 0 Å². The maximum Gasteiger partial charge on any atom is 0.239 e. The van der Waals surface area contributed by atoms with Crippen LogP contribution in [0.1, 0.15) is 30.5 Å². The van der Waals surface area contributed by atoms with E-state index in [9.17, 15) is 9.59 Å². The molecule has 0 aliphatic heterocycles. The van der Waals surface area contributed by atoms with Crippen LogP contribution in [0.2, 0.25) is 5.02 Å². The van der Waals surface area contributed by atoms with Gasteiger partial charge in [-0.1, -0.05) is 41.9 Å². The zero-order chi connectivity index (χ0) is 19.3. The Morgan fingerprint density at radius 2 is 1.62 bits per heavy atom. The predicted molar refractivity (Wildman–Crippen MR) is 106 cm³/mol. The lowest BCUT2D eigenvalue weighted by Gasteiger charge is -2.24. The molecule has 0 spiro atoms. The molecule has 2 aromatic rings. The maximum absolute atomic E-state index is 12.7. The normalized spacial score (nSPS) is 11.1. The summed E-state index contributed by atoms with van der Waals surface area (Å²) in [6.07, 6.45) is 0.654. The molecular formula is C21H25ClN2O2. The number of hydrogen-bond donors (Lipinski definition) is 2. The summed E-state index contributed by atoms with van der Waals surface area (Å²) in [6.45, 7) is 7.57. The second-order valence-electron chi connectivity index (χ2n) is 6.98. The summed E-state index contributed by atoms with van der Waals surface area (Å²) in [4.78, 5) is 25.2. The van der Waals surface area contributed by atoms with Gasteiger partial charge in [-0.3, -0.25) is 9.59 Å². The third-order valence-corrected chi connectivity index (χ3v) is 4.68. The third kappa shape index (κ3) is 4.85. The second-order valence-corrected chi connectivity index (χ2v) is 7.42. The Morgan fingerprint density at radius 1 is 1.00 bits per heavy atom. The molecule has 0 atom stereocenters. The number of amides is 2. The number of halogens is 1. The van der Waals surface area contributed by atoms with Crippen LogP contribution in [-0.2, 0) is 16.0 Å². The zero-order valence-electron chi connectivity index (χ0n) is 15.7. The van der Waals surface area contributed by atoms with Crippen LogP contribution >= 0.6 is 11.6 Å². The predicted octanol–water partition coefficient (Wildman–Crippen LogP) is 4.28. The van der Waals surface area contributed by atoms with Crippen LogP contribution in [0.25, 0.3) is 0 Å². The highest BCUT2D eigenvalue weighted by Crippen LogP contribution is 2.24. The average Bonchev–Trinajstić information content (AvgIpc) is 2.58. The molecule has 0 bridgehead atoms. The smallest absolute Gasteiger partial charge is 0.239 e. The van der Waals surface area contributed by atoms with Gasteiger partial charge in [0, 0.05) is 17.3 Å². The molecule has 0 unspecified atom stereocenters. The molecule has 2 N–H and O–H groups in total. The van der Waals surface area contributed by atoms with Gasteiger partial charge in [-0.2, -0.15) is 0 Å². The molecular weight excluding hydrogens is 348 g/mol. The van der Waals surface area contributed by atoms with E-state index < -0.39 is 5.41 Å². The van der Waals surface area contributed by atoms with Crippen molar-refractivity contribution in [1.82, 2.24) is 5.32 Å². The Morgan fingerprint density at radius 3 is 2.23 bits per heavy atom. The molecule has 0 heterocycles. The molecule has 0 aliphatic rings. The van der Waals surface area contributed by atoms with Crippen LogP contribution in [0.4, 0.5) is 5.69 Å². The van der Waals surface area contributed by atoms with Gasteiger partial charge in [0.05, 0.1) is 0 Å². The molecule has 0 aliphatic carbocycles. The number of para-hydroxylation sites is 1. The highest BCUT2D eigenvalue weighted by molar-refractivity contribution is 6.30. The maximum atomic E-state index is 12.7. The van der Waals surface area contributed by atoms with E-state index in [2.05, 4.69) is 10.6 Å². The molecule has 2 aromatic carbocycles. The van der Waals surface area contributed by atoms with Crippen molar-refractivity contribution in [1.29, 1.82) is 0 Å². The molecule has 2 amide bonds. The van der Waals surface area contributed by atoms with Crippen molar-refractivity contribution in [2.75, 3.05) is 11.9 Å². The van der Waals surface area contributed by atoms with E-state index in [1.165, 1.54) is 0 Å². The number of anilines is 1. The second kappa shape index (κ2) is 8.37. The van der Waals surface area contributed by atoms with Crippen molar-refractivity contribution in [3.63, 3.8) is 0 Å². The number of nitrogens with one attached hydrogen (secondary N) is 2. The minimum absolute atomic E-state index is 0.303. The van der Waals surface area contributed by atoms with E-state index in [1.54, 1.807) is 13.8 Å². The lowest BCUT2D eigenvalue weighted by Crippen LogP contribution is -2.45. The standard InChI is InChI=1S/C21H25ClN2O2/c1-14-7-5-8-15(2)18(14)24-20(26)21(3,4)19(25)23-12-11-16-9-6-10-17(22)13-16/h5-10,13H,11-12H2,1-4H3,(H,23,25)(H,24,26). The molecule has 0 radical (unpaired) electrons. The molecule has 0 saturated heterocycles. The Bertz CT molecular complexity index is 795. The van der Waals surface area contributed by atoms with E-state index >= 15 is 0 Å². The molecule has 2 rings (SSSR count). The van der Waals surface area contributed by atoms with Gasteiger partial charge in [0.1, 0.15) is 5.41 Å². The Hall–Kier alpha value is -2.33. The fraction of sp³-hybridized carbons (Fsp3) is 0.333. The molecule has 5 heteroatoms. The highest BCUT2D eigenvalue weighted by Gasteiger charge is 2.36. The number of benzene rings is 2. The topological polar surface area (TPSA) is 58.2 Å². The van der Waals surface area contributed by atoms with Gasteiger partial charge >= 0.3 is 0 Å². The first-order valence-electron chi connectivity index (χ1n) is 8.62. The molecule has 0 saturated carbocycles. The lowest BCUT2D eigenvalue weighted by molar-refractivity contribution is -0.138. The van der Waals surface area contributed by atoms with Crippen LogP contribution in [0.3, 0.4) is 0 Å². The molecule has 0 fully saturated rings. The quantitative estimate of drug-likeness (QED) is 0.743. The molecule has 138 valence electrons. The van der Waals surface area contributed by atoms with E-state index in [0.29, 0.717) is 18.0 Å². The lowest BCUT2D eigenvalue weighted by atomic mass is 9.90. The fourth-order valence-electron chi connectivity index (χ4n) is 2.62. The number of aryl methyl sites for hydroxylation is 2. The number of hydrogen-bond acceptors (Lipinski definition) is 2. The van der Waals surface area contributed by atoms with Crippen LogP contribution < -0.4 is 10.6 Å². The fourth-order valence-corrected chi connectivity index (χ4v) is 2.83. The van der Waals surface area contributed by atoms with Gasteiger partial charge in [0.25, 0.3) is 0 Å². The van der Waals surface area contributed by atoms with Crippen molar-refractivity contribution in [2.45, 2.75) is 34.1 Å². The average molecular weight is 373 g/mol. The van der Waals surface area contributed by atoms with Crippen LogP contribution in [0, 0.1) is 19.3 Å². The summed E-state index contributed by atoms with van der Waals surface area (Å²) >= 11 is 5.96. The first kappa shape index (κ1) is 20.0. The number of rotatable bonds is 6. The van der Waals surface area contributed by atoms with Crippen molar-refractivity contribution >= 4 is 29.1 Å². The SMILES string of the molecule is Cc1cccc(C)c1NC(=O)C(C)(C)C(=O)NCCc1cccc(Cl)c1. The van der Waals surface area contributed by atoms with Crippen LogP contribution in [-0.4, -0.2) is 18.4 Å². The summed E-state index contributed by atoms with van der Waals surface area (Å²) in [6, 6.07) is 13.3. The third-order valence-electron chi connectivity index (χ3n) is 4.44. The summed E-state index contributed by atoms with van der Waals surface area (Å²) < 4.78 is 0. The summed E-state index contributed by atoms with van der Waals surface area (Å²) in [7, 11) is 0. The van der Waals surface area contributed by atoms with Crippen molar-refractivity contribution < 1.29 is 9.59 Å². The first-order chi connectivity index (χ1) is 12.2. The first-order valence-corrected chi connectivity index (χ1v) is 9.00. The summed E-state index contributed by atoms with van der Waals surface area (Å²) in [5.41, 5.74) is 2.56. The molecule has 26 heavy (non-hydrogen) atoms. The summed E-state index contributed by atoms with van der Waals surface area (Å²) in [5, 5.41) is 6.41. The number of carbonyl (C=O) groups excluding carboxylic acids is 2. The Labute approximate surface area is 159 Å². The monoisotopic (exact) mass is 372 g/mol. The van der Waals surface area contributed by atoms with Crippen molar-refractivity contribution in [3.05, 3.63) is 64.2 Å². The highest BCUT2D eigenvalue weighted by atomic mass is 35.5. The van der Waals surface area contributed by atoms with Crippen molar-refractivity contribution in [2.24, 2.45) is 5.41 Å². The van der Waals surface area contributed by atoms with E-state index in [4.69, 9.17) is 11.6 Å². The largest absolute Gasteiger partial charge is 0.355 e. The van der Waals surface area contributed by atoms with Gasteiger partial charge in [0.2, 0.25) is 11.8 Å².